The molecule has 3 aromatic rings. The van der Waals surface area contributed by atoms with Gasteiger partial charge in [0.2, 0.25) is 0 Å². The van der Waals surface area contributed by atoms with Crippen molar-refractivity contribution >= 4 is 16.6 Å². The quantitative estimate of drug-likeness (QED) is 0.793. The first-order valence-corrected chi connectivity index (χ1v) is 8.02. The van der Waals surface area contributed by atoms with Crippen molar-refractivity contribution in [2.75, 3.05) is 5.32 Å². The van der Waals surface area contributed by atoms with Crippen molar-refractivity contribution in [1.29, 1.82) is 0 Å². The van der Waals surface area contributed by atoms with Crippen LogP contribution < -0.4 is 11.0 Å². The van der Waals surface area contributed by atoms with Crippen molar-refractivity contribution in [1.82, 2.24) is 9.55 Å². The van der Waals surface area contributed by atoms with Crippen molar-refractivity contribution in [2.45, 2.75) is 12.8 Å². The summed E-state index contributed by atoms with van der Waals surface area (Å²) in [7, 11) is 0. The third kappa shape index (κ3) is 2.74. The minimum absolute atomic E-state index is 0.271. The standard InChI is InChI=1S/C20H17N3O/c24-20-21-14-15-13-17(22-16-7-3-1-4-8-16)11-12-19(15)23(20)18-9-5-2-6-10-18/h2-3,5-14,22H,1,4H2. The molecule has 118 valence electrons. The smallest absolute Gasteiger partial charge is 0.352 e. The predicted octanol–water partition coefficient (Wildman–Crippen LogP) is 4.03. The highest BCUT2D eigenvalue weighted by atomic mass is 16.1. The average molecular weight is 315 g/mol. The maximum atomic E-state index is 12.3. The van der Waals surface area contributed by atoms with Gasteiger partial charge in [0.25, 0.3) is 0 Å². The van der Waals surface area contributed by atoms with Crippen molar-refractivity contribution in [3.63, 3.8) is 0 Å². The topological polar surface area (TPSA) is 46.9 Å². The van der Waals surface area contributed by atoms with E-state index in [1.165, 1.54) is 0 Å². The lowest BCUT2D eigenvalue weighted by Gasteiger charge is -2.13. The van der Waals surface area contributed by atoms with Gasteiger partial charge in [-0.05, 0) is 49.2 Å². The van der Waals surface area contributed by atoms with Crippen LogP contribution in [0.25, 0.3) is 16.6 Å². The van der Waals surface area contributed by atoms with Gasteiger partial charge in [-0.25, -0.2) is 9.78 Å². The zero-order valence-electron chi connectivity index (χ0n) is 13.1. The first-order valence-electron chi connectivity index (χ1n) is 8.02. The van der Waals surface area contributed by atoms with Crippen LogP contribution >= 0.6 is 0 Å². The molecule has 1 aliphatic rings. The number of hydrogen-bond donors (Lipinski definition) is 1. The summed E-state index contributed by atoms with van der Waals surface area (Å²) in [5.41, 5.74) is 3.48. The van der Waals surface area contributed by atoms with E-state index in [1.807, 2.05) is 48.5 Å². The highest BCUT2D eigenvalue weighted by molar-refractivity contribution is 5.83. The summed E-state index contributed by atoms with van der Waals surface area (Å²) in [6.07, 6.45) is 10.2. The lowest BCUT2D eigenvalue weighted by atomic mass is 10.1. The Bertz CT molecular complexity index is 1000. The third-order valence-electron chi connectivity index (χ3n) is 4.07. The second kappa shape index (κ2) is 6.16. The van der Waals surface area contributed by atoms with E-state index >= 15 is 0 Å². The molecule has 4 nitrogen and oxygen atoms in total. The number of benzene rings is 2. The Balaban J connectivity index is 1.79. The Morgan fingerprint density at radius 2 is 1.92 bits per heavy atom. The van der Waals surface area contributed by atoms with E-state index in [0.717, 1.165) is 40.8 Å². The number of hydrogen-bond acceptors (Lipinski definition) is 3. The van der Waals surface area contributed by atoms with Crippen molar-refractivity contribution in [2.24, 2.45) is 0 Å². The van der Waals surface area contributed by atoms with Gasteiger partial charge in [-0.15, -0.1) is 0 Å². The molecule has 0 bridgehead atoms. The Morgan fingerprint density at radius 1 is 1.04 bits per heavy atom. The molecule has 0 saturated heterocycles. The number of anilines is 1. The molecule has 0 saturated carbocycles. The minimum Gasteiger partial charge on any atom is -0.356 e. The lowest BCUT2D eigenvalue weighted by molar-refractivity contribution is 0.960. The molecule has 1 aliphatic carbocycles. The van der Waals surface area contributed by atoms with E-state index in [4.69, 9.17) is 0 Å². The van der Waals surface area contributed by atoms with Gasteiger partial charge < -0.3 is 5.32 Å². The number of aromatic nitrogens is 2. The first-order chi connectivity index (χ1) is 11.8. The second-order valence-electron chi connectivity index (χ2n) is 5.75. The molecular formula is C20H17N3O. The largest absolute Gasteiger partial charge is 0.356 e. The van der Waals surface area contributed by atoms with E-state index in [9.17, 15) is 4.79 Å². The molecule has 2 aromatic carbocycles. The SMILES string of the molecule is O=c1ncc2cc(NC3=CCCC=C3)ccc2n1-c1ccccc1. The van der Waals surface area contributed by atoms with Crippen LogP contribution in [0.1, 0.15) is 12.8 Å². The Hall–Kier alpha value is -3.14. The van der Waals surface area contributed by atoms with Crippen LogP contribution in [0, 0.1) is 0 Å². The van der Waals surface area contributed by atoms with Gasteiger partial charge in [0.1, 0.15) is 0 Å². The Kier molecular flexibility index (Phi) is 3.71. The van der Waals surface area contributed by atoms with Gasteiger partial charge in [-0.2, -0.15) is 0 Å². The van der Waals surface area contributed by atoms with E-state index in [2.05, 4.69) is 28.5 Å². The van der Waals surface area contributed by atoms with Gasteiger partial charge in [0.05, 0.1) is 11.2 Å². The van der Waals surface area contributed by atoms with Crippen LogP contribution in [0.3, 0.4) is 0 Å². The normalized spacial score (nSPS) is 13.8. The summed E-state index contributed by atoms with van der Waals surface area (Å²) in [5.74, 6) is 0. The van der Waals surface area contributed by atoms with Crippen LogP contribution in [0.4, 0.5) is 5.69 Å². The number of para-hydroxylation sites is 1. The summed E-state index contributed by atoms with van der Waals surface area (Å²) in [6.45, 7) is 0. The molecule has 0 unspecified atom stereocenters. The van der Waals surface area contributed by atoms with Crippen LogP contribution in [0.15, 0.2) is 83.4 Å². The molecule has 0 aliphatic heterocycles. The maximum Gasteiger partial charge on any atom is 0.352 e. The van der Waals surface area contributed by atoms with Crippen LogP contribution in [0.2, 0.25) is 0 Å². The molecule has 4 rings (SSSR count). The lowest BCUT2D eigenvalue weighted by Crippen LogP contribution is -2.21. The molecule has 1 aromatic heterocycles. The predicted molar refractivity (Wildman–Crippen MR) is 97.4 cm³/mol. The fourth-order valence-electron chi connectivity index (χ4n) is 2.92. The minimum atomic E-state index is -0.271. The van der Waals surface area contributed by atoms with E-state index in [0.29, 0.717) is 0 Å². The van der Waals surface area contributed by atoms with Crippen molar-refractivity contribution in [3.8, 4) is 5.69 Å². The molecule has 0 fully saturated rings. The van der Waals surface area contributed by atoms with Crippen LogP contribution in [-0.4, -0.2) is 9.55 Å². The number of rotatable bonds is 3. The zero-order valence-corrected chi connectivity index (χ0v) is 13.1. The molecule has 0 radical (unpaired) electrons. The number of fused-ring (bicyclic) bond motifs is 1. The maximum absolute atomic E-state index is 12.3. The number of nitrogens with one attached hydrogen (secondary N) is 1. The summed E-state index contributed by atoms with van der Waals surface area (Å²) >= 11 is 0. The molecule has 0 atom stereocenters. The molecule has 4 heteroatoms. The van der Waals surface area contributed by atoms with E-state index in [1.54, 1.807) is 10.8 Å². The molecule has 1 N–H and O–H groups in total. The number of allylic oxidation sites excluding steroid dienone is 3. The average Bonchev–Trinajstić information content (AvgIpc) is 2.63. The second-order valence-corrected chi connectivity index (χ2v) is 5.75. The molecular weight excluding hydrogens is 298 g/mol. The van der Waals surface area contributed by atoms with Gasteiger partial charge >= 0.3 is 5.69 Å². The van der Waals surface area contributed by atoms with Crippen molar-refractivity contribution < 1.29 is 0 Å². The zero-order chi connectivity index (χ0) is 16.4. The van der Waals surface area contributed by atoms with E-state index in [-0.39, 0.29) is 5.69 Å². The first kappa shape index (κ1) is 14.5. The molecule has 1 heterocycles. The summed E-state index contributed by atoms with van der Waals surface area (Å²) in [5, 5.41) is 4.33. The van der Waals surface area contributed by atoms with Gasteiger partial charge in [0.15, 0.2) is 0 Å². The molecule has 0 amide bonds. The van der Waals surface area contributed by atoms with Crippen molar-refractivity contribution in [3.05, 3.63) is 89.1 Å². The van der Waals surface area contributed by atoms with Gasteiger partial charge in [0, 0.05) is 23.0 Å². The molecule has 0 spiro atoms. The number of nitrogens with zero attached hydrogens (tertiary/aromatic N) is 2. The fourth-order valence-corrected chi connectivity index (χ4v) is 2.92. The highest BCUT2D eigenvalue weighted by Crippen LogP contribution is 2.22. The van der Waals surface area contributed by atoms with Crippen LogP contribution in [-0.2, 0) is 0 Å². The molecule has 24 heavy (non-hydrogen) atoms. The highest BCUT2D eigenvalue weighted by Gasteiger charge is 2.07. The summed E-state index contributed by atoms with van der Waals surface area (Å²) in [6, 6.07) is 15.5. The fraction of sp³-hybridized carbons (Fsp3) is 0.100. The Labute approximate surface area is 139 Å². The van der Waals surface area contributed by atoms with Gasteiger partial charge in [-0.3, -0.25) is 4.57 Å². The summed E-state index contributed by atoms with van der Waals surface area (Å²) in [4.78, 5) is 16.3. The van der Waals surface area contributed by atoms with Crippen LogP contribution in [0.5, 0.6) is 0 Å². The third-order valence-corrected chi connectivity index (χ3v) is 4.07. The monoisotopic (exact) mass is 315 g/mol. The Morgan fingerprint density at radius 3 is 2.71 bits per heavy atom. The van der Waals surface area contributed by atoms with E-state index < -0.39 is 0 Å². The summed E-state index contributed by atoms with van der Waals surface area (Å²) < 4.78 is 1.64. The van der Waals surface area contributed by atoms with Gasteiger partial charge in [-0.1, -0.05) is 30.4 Å².